The van der Waals surface area contributed by atoms with Gasteiger partial charge in [0.1, 0.15) is 6.10 Å². The third kappa shape index (κ3) is 7.31. The molecule has 1 aromatic rings. The summed E-state index contributed by atoms with van der Waals surface area (Å²) in [6.07, 6.45) is -1.48. The molecule has 2 aliphatic rings. The normalized spacial score (nSPS) is 20.4. The van der Waals surface area contributed by atoms with Crippen LogP contribution < -0.4 is 4.74 Å². The molecular formula is C19H25F4N3O5. The lowest BCUT2D eigenvalue weighted by molar-refractivity contribution is -0.192. The van der Waals surface area contributed by atoms with Gasteiger partial charge in [0, 0.05) is 25.7 Å². The van der Waals surface area contributed by atoms with Crippen LogP contribution in [0.4, 0.5) is 17.6 Å². The van der Waals surface area contributed by atoms with Gasteiger partial charge in [-0.2, -0.15) is 13.2 Å². The number of carboxylic acid groups (broad SMARTS) is 1. The number of carboxylic acids is 1. The monoisotopic (exact) mass is 451 g/mol. The standard InChI is InChI=1S/C17H24FN3O3.C2HF3O2/c1-20(2)11-15(22)21-8-5-17(6-9-21)10-13(12-23-17)24-16-14(18)4-3-7-19-16;3-2(4,5)1(6)7/h3-4,7,13H,5-6,8-12H2,1-2H3;(H,6,7). The Morgan fingerprint density at radius 2 is 1.97 bits per heavy atom. The molecule has 1 atom stereocenters. The molecule has 3 heterocycles. The minimum absolute atomic E-state index is 0.0294. The van der Waals surface area contributed by atoms with E-state index in [0.29, 0.717) is 32.7 Å². The van der Waals surface area contributed by atoms with Gasteiger partial charge in [-0.1, -0.05) is 0 Å². The molecule has 8 nitrogen and oxygen atoms in total. The van der Waals surface area contributed by atoms with Crippen LogP contribution in [0.1, 0.15) is 19.3 Å². The van der Waals surface area contributed by atoms with Crippen molar-refractivity contribution < 1.29 is 41.7 Å². The van der Waals surface area contributed by atoms with Crippen LogP contribution >= 0.6 is 0 Å². The Balaban J connectivity index is 0.000000423. The van der Waals surface area contributed by atoms with E-state index >= 15 is 0 Å². The van der Waals surface area contributed by atoms with Crippen molar-refractivity contribution in [1.29, 1.82) is 0 Å². The number of piperidine rings is 1. The molecule has 1 N–H and O–H groups in total. The lowest BCUT2D eigenvalue weighted by Gasteiger charge is -2.38. The summed E-state index contributed by atoms with van der Waals surface area (Å²) in [5.41, 5.74) is -0.259. The second-order valence-electron chi connectivity index (χ2n) is 7.65. The summed E-state index contributed by atoms with van der Waals surface area (Å²) in [5, 5.41) is 7.12. The molecular weight excluding hydrogens is 426 g/mol. The molecule has 0 aliphatic carbocycles. The van der Waals surface area contributed by atoms with Gasteiger partial charge in [-0.3, -0.25) is 4.79 Å². The predicted octanol–water partition coefficient (Wildman–Crippen LogP) is 1.94. The first-order chi connectivity index (χ1) is 14.4. The lowest BCUT2D eigenvalue weighted by atomic mass is 9.88. The average Bonchev–Trinajstić information content (AvgIpc) is 3.05. The molecule has 12 heteroatoms. The van der Waals surface area contributed by atoms with Gasteiger partial charge in [0.25, 0.3) is 5.88 Å². The molecule has 0 radical (unpaired) electrons. The minimum atomic E-state index is -5.08. The molecule has 3 rings (SSSR count). The van der Waals surface area contributed by atoms with E-state index in [0.717, 1.165) is 12.8 Å². The van der Waals surface area contributed by atoms with Crippen LogP contribution in [-0.4, -0.2) is 90.0 Å². The van der Waals surface area contributed by atoms with Crippen molar-refractivity contribution in [3.63, 3.8) is 0 Å². The molecule has 1 aromatic heterocycles. The van der Waals surface area contributed by atoms with E-state index in [1.54, 1.807) is 0 Å². The van der Waals surface area contributed by atoms with Crippen LogP contribution in [0.25, 0.3) is 0 Å². The molecule has 174 valence electrons. The van der Waals surface area contributed by atoms with E-state index in [1.165, 1.54) is 18.3 Å². The van der Waals surface area contributed by atoms with Crippen LogP contribution in [0.3, 0.4) is 0 Å². The maximum atomic E-state index is 13.6. The van der Waals surface area contributed by atoms with Crippen molar-refractivity contribution in [2.45, 2.75) is 37.1 Å². The fourth-order valence-electron chi connectivity index (χ4n) is 3.38. The second-order valence-corrected chi connectivity index (χ2v) is 7.65. The molecule has 0 bridgehead atoms. The van der Waals surface area contributed by atoms with Crippen LogP contribution in [0, 0.1) is 5.82 Å². The molecule has 1 spiro atoms. The summed E-state index contributed by atoms with van der Waals surface area (Å²) in [4.78, 5) is 28.7. The van der Waals surface area contributed by atoms with E-state index in [4.69, 9.17) is 19.4 Å². The number of carbonyl (C=O) groups is 2. The molecule has 2 fully saturated rings. The zero-order valence-corrected chi connectivity index (χ0v) is 17.2. The fraction of sp³-hybridized carbons (Fsp3) is 0.632. The third-order valence-corrected chi connectivity index (χ3v) is 4.90. The molecule has 2 saturated heterocycles. The Hall–Kier alpha value is -2.47. The second kappa shape index (κ2) is 10.2. The van der Waals surface area contributed by atoms with Crippen molar-refractivity contribution in [2.75, 3.05) is 40.3 Å². The van der Waals surface area contributed by atoms with Gasteiger partial charge in [0.05, 0.1) is 18.8 Å². The van der Waals surface area contributed by atoms with E-state index < -0.39 is 18.0 Å². The van der Waals surface area contributed by atoms with Gasteiger partial charge in [-0.05, 0) is 39.1 Å². The lowest BCUT2D eigenvalue weighted by Crippen LogP contribution is -2.48. The maximum absolute atomic E-state index is 13.6. The zero-order valence-electron chi connectivity index (χ0n) is 17.2. The van der Waals surface area contributed by atoms with Gasteiger partial charge in [-0.15, -0.1) is 0 Å². The Labute approximate surface area is 176 Å². The van der Waals surface area contributed by atoms with E-state index in [1.807, 2.05) is 23.9 Å². The van der Waals surface area contributed by atoms with E-state index in [-0.39, 0.29) is 23.5 Å². The summed E-state index contributed by atoms with van der Waals surface area (Å²) in [7, 11) is 3.78. The summed E-state index contributed by atoms with van der Waals surface area (Å²) < 4.78 is 57.0. The number of hydrogen-bond donors (Lipinski definition) is 1. The number of pyridine rings is 1. The SMILES string of the molecule is CN(C)CC(=O)N1CCC2(CC1)CC(Oc1ncccc1F)CO2.O=C(O)C(F)(F)F. The highest BCUT2D eigenvalue weighted by atomic mass is 19.4. The molecule has 31 heavy (non-hydrogen) atoms. The summed E-state index contributed by atoms with van der Waals surface area (Å²) >= 11 is 0. The first-order valence-corrected chi connectivity index (χ1v) is 9.55. The van der Waals surface area contributed by atoms with E-state index in [9.17, 15) is 22.4 Å². The van der Waals surface area contributed by atoms with Crippen molar-refractivity contribution in [3.05, 3.63) is 24.1 Å². The highest BCUT2D eigenvalue weighted by Gasteiger charge is 2.44. The predicted molar refractivity (Wildman–Crippen MR) is 100.0 cm³/mol. The van der Waals surface area contributed by atoms with Gasteiger partial charge in [0.2, 0.25) is 5.91 Å². The molecule has 1 amide bonds. The third-order valence-electron chi connectivity index (χ3n) is 4.90. The molecule has 1 unspecified atom stereocenters. The number of rotatable bonds is 4. The maximum Gasteiger partial charge on any atom is 0.490 e. The number of ether oxygens (including phenoxy) is 2. The van der Waals surface area contributed by atoms with Crippen molar-refractivity contribution in [3.8, 4) is 5.88 Å². The van der Waals surface area contributed by atoms with Gasteiger partial charge in [0.15, 0.2) is 5.82 Å². The minimum Gasteiger partial charge on any atom is -0.475 e. The van der Waals surface area contributed by atoms with Gasteiger partial charge in [-0.25, -0.2) is 14.2 Å². The number of carbonyl (C=O) groups excluding carboxylic acids is 1. The number of hydrogen-bond acceptors (Lipinski definition) is 6. The average molecular weight is 451 g/mol. The molecule has 2 aliphatic heterocycles. The van der Waals surface area contributed by atoms with Gasteiger partial charge >= 0.3 is 12.1 Å². The van der Waals surface area contributed by atoms with Crippen molar-refractivity contribution in [2.24, 2.45) is 0 Å². The number of likely N-dealkylation sites (tertiary alicyclic amines) is 1. The summed E-state index contributed by atoms with van der Waals surface area (Å²) in [6.45, 7) is 2.24. The molecule has 0 saturated carbocycles. The Bertz CT molecular complexity index is 767. The Kier molecular flexibility index (Phi) is 8.18. The van der Waals surface area contributed by atoms with Crippen LogP contribution in [-0.2, 0) is 14.3 Å². The Morgan fingerprint density at radius 1 is 1.35 bits per heavy atom. The van der Waals surface area contributed by atoms with Crippen LogP contribution in [0.15, 0.2) is 18.3 Å². The highest BCUT2D eigenvalue weighted by molar-refractivity contribution is 5.78. The van der Waals surface area contributed by atoms with Crippen LogP contribution in [0.5, 0.6) is 5.88 Å². The first kappa shape index (κ1) is 24.8. The van der Waals surface area contributed by atoms with Gasteiger partial charge < -0.3 is 24.4 Å². The topological polar surface area (TPSA) is 92.2 Å². The van der Waals surface area contributed by atoms with E-state index in [2.05, 4.69) is 4.98 Å². The van der Waals surface area contributed by atoms with Crippen molar-refractivity contribution in [1.82, 2.24) is 14.8 Å². The number of halogens is 4. The molecule has 0 aromatic carbocycles. The largest absolute Gasteiger partial charge is 0.490 e. The number of amides is 1. The Morgan fingerprint density at radius 3 is 2.48 bits per heavy atom. The summed E-state index contributed by atoms with van der Waals surface area (Å²) in [6, 6.07) is 2.87. The number of alkyl halides is 3. The first-order valence-electron chi connectivity index (χ1n) is 9.55. The smallest absolute Gasteiger partial charge is 0.475 e. The number of likely N-dealkylation sites (N-methyl/N-ethyl adjacent to an activating group) is 1. The quantitative estimate of drug-likeness (QED) is 0.700. The summed E-state index contributed by atoms with van der Waals surface area (Å²) in [5.74, 6) is -3.03. The number of aromatic nitrogens is 1. The van der Waals surface area contributed by atoms with Crippen LogP contribution in [0.2, 0.25) is 0 Å². The highest BCUT2D eigenvalue weighted by Crippen LogP contribution is 2.37. The number of nitrogens with zero attached hydrogens (tertiary/aromatic N) is 3. The van der Waals surface area contributed by atoms with Crippen molar-refractivity contribution >= 4 is 11.9 Å². The fourth-order valence-corrected chi connectivity index (χ4v) is 3.38. The number of aliphatic carboxylic acids is 1. The zero-order chi connectivity index (χ0) is 23.2.